The van der Waals surface area contributed by atoms with Crippen LogP contribution in [0.15, 0.2) is 41.3 Å². The SMILES string of the molecule is CC[C@@H](N)c1ccc(Cl)c(Oc2cccc(S(C)(=O)=O)c2)c1F. The van der Waals surface area contributed by atoms with Gasteiger partial charge < -0.3 is 10.5 Å². The topological polar surface area (TPSA) is 69.4 Å². The average molecular weight is 358 g/mol. The van der Waals surface area contributed by atoms with Crippen LogP contribution in [0.1, 0.15) is 24.9 Å². The fraction of sp³-hybridized carbons (Fsp3) is 0.250. The van der Waals surface area contributed by atoms with Crippen LogP contribution < -0.4 is 10.5 Å². The highest BCUT2D eigenvalue weighted by Crippen LogP contribution is 2.36. The molecule has 0 heterocycles. The largest absolute Gasteiger partial charge is 0.453 e. The molecule has 1 atom stereocenters. The highest BCUT2D eigenvalue weighted by Gasteiger charge is 2.19. The quantitative estimate of drug-likeness (QED) is 0.875. The Labute approximate surface area is 139 Å². The van der Waals surface area contributed by atoms with Crippen molar-refractivity contribution in [2.24, 2.45) is 5.73 Å². The van der Waals surface area contributed by atoms with Crippen LogP contribution in [-0.2, 0) is 9.84 Å². The summed E-state index contributed by atoms with van der Waals surface area (Å²) in [5.74, 6) is -0.633. The molecule has 0 radical (unpaired) electrons. The van der Waals surface area contributed by atoms with Gasteiger partial charge in [0.25, 0.3) is 0 Å². The lowest BCUT2D eigenvalue weighted by atomic mass is 10.0. The minimum atomic E-state index is -3.39. The summed E-state index contributed by atoms with van der Waals surface area (Å²) in [6.45, 7) is 1.84. The number of ether oxygens (including phenoxy) is 1. The molecule has 0 aliphatic rings. The van der Waals surface area contributed by atoms with E-state index < -0.39 is 21.7 Å². The Morgan fingerprint density at radius 3 is 2.61 bits per heavy atom. The van der Waals surface area contributed by atoms with Crippen molar-refractivity contribution in [2.75, 3.05) is 6.26 Å². The molecule has 2 N–H and O–H groups in total. The summed E-state index contributed by atoms with van der Waals surface area (Å²) in [5.41, 5.74) is 6.17. The van der Waals surface area contributed by atoms with Crippen LogP contribution in [0.2, 0.25) is 5.02 Å². The monoisotopic (exact) mass is 357 g/mol. The molecular weight excluding hydrogens is 341 g/mol. The van der Waals surface area contributed by atoms with E-state index in [4.69, 9.17) is 22.1 Å². The molecule has 0 saturated carbocycles. The van der Waals surface area contributed by atoms with Crippen LogP contribution in [0.4, 0.5) is 4.39 Å². The van der Waals surface area contributed by atoms with Gasteiger partial charge in [-0.05, 0) is 30.7 Å². The standard InChI is InChI=1S/C16H17ClFNO3S/c1-3-14(19)12-7-8-13(17)16(15(12)18)22-10-5-4-6-11(9-10)23(2,20)21/h4-9,14H,3,19H2,1-2H3/t14-/m1/s1. The number of halogens is 2. The molecule has 0 bridgehead atoms. The van der Waals surface area contributed by atoms with E-state index in [9.17, 15) is 12.8 Å². The Bertz CT molecular complexity index is 824. The van der Waals surface area contributed by atoms with E-state index in [2.05, 4.69) is 0 Å². The van der Waals surface area contributed by atoms with Gasteiger partial charge in [-0.15, -0.1) is 0 Å². The van der Waals surface area contributed by atoms with E-state index in [0.717, 1.165) is 6.26 Å². The molecule has 0 aromatic heterocycles. The summed E-state index contributed by atoms with van der Waals surface area (Å²) in [7, 11) is -3.39. The first kappa shape index (κ1) is 17.7. The maximum atomic E-state index is 14.6. The zero-order chi connectivity index (χ0) is 17.2. The highest BCUT2D eigenvalue weighted by molar-refractivity contribution is 7.90. The molecule has 2 aromatic rings. The van der Waals surface area contributed by atoms with E-state index in [1.54, 1.807) is 0 Å². The Morgan fingerprint density at radius 1 is 1.30 bits per heavy atom. The van der Waals surface area contributed by atoms with Gasteiger partial charge in [-0.3, -0.25) is 0 Å². The van der Waals surface area contributed by atoms with E-state index in [0.29, 0.717) is 12.0 Å². The van der Waals surface area contributed by atoms with Crippen LogP contribution in [0, 0.1) is 5.82 Å². The number of benzene rings is 2. The maximum Gasteiger partial charge on any atom is 0.181 e. The third kappa shape index (κ3) is 4.02. The molecule has 2 rings (SSSR count). The third-order valence-corrected chi connectivity index (χ3v) is 4.78. The Hall–Kier alpha value is -1.63. The summed E-state index contributed by atoms with van der Waals surface area (Å²) in [4.78, 5) is 0.0768. The lowest BCUT2D eigenvalue weighted by Gasteiger charge is -2.15. The normalized spacial score (nSPS) is 12.9. The summed E-state index contributed by atoms with van der Waals surface area (Å²) in [6, 6.07) is 8.34. The van der Waals surface area contributed by atoms with Crippen LogP contribution in [0.5, 0.6) is 11.5 Å². The molecule has 0 saturated heterocycles. The van der Waals surface area contributed by atoms with Gasteiger partial charge in [-0.2, -0.15) is 0 Å². The maximum absolute atomic E-state index is 14.6. The zero-order valence-electron chi connectivity index (χ0n) is 12.7. The number of sulfone groups is 1. The van der Waals surface area contributed by atoms with Crippen LogP contribution in [0.3, 0.4) is 0 Å². The molecule has 0 amide bonds. The summed E-state index contributed by atoms with van der Waals surface area (Å²) in [6.07, 6.45) is 1.64. The van der Waals surface area contributed by atoms with E-state index in [1.165, 1.54) is 36.4 Å². The molecule has 0 aliphatic heterocycles. The molecule has 0 spiro atoms. The third-order valence-electron chi connectivity index (χ3n) is 3.37. The first-order valence-corrected chi connectivity index (χ1v) is 9.22. The van der Waals surface area contributed by atoms with E-state index in [1.807, 2.05) is 6.92 Å². The van der Waals surface area contributed by atoms with Crippen molar-refractivity contribution in [1.82, 2.24) is 0 Å². The molecule has 124 valence electrons. The van der Waals surface area contributed by atoms with Crippen LogP contribution in [0.25, 0.3) is 0 Å². The lowest BCUT2D eigenvalue weighted by molar-refractivity contribution is 0.433. The molecule has 0 fully saturated rings. The van der Waals surface area contributed by atoms with Crippen molar-refractivity contribution in [1.29, 1.82) is 0 Å². The molecule has 23 heavy (non-hydrogen) atoms. The molecule has 0 aliphatic carbocycles. The fourth-order valence-electron chi connectivity index (χ4n) is 2.03. The summed E-state index contributed by atoms with van der Waals surface area (Å²) < 4.78 is 43.2. The number of hydrogen-bond donors (Lipinski definition) is 1. The van der Waals surface area contributed by atoms with Crippen molar-refractivity contribution in [3.8, 4) is 11.5 Å². The van der Waals surface area contributed by atoms with Gasteiger partial charge in [0, 0.05) is 17.9 Å². The molecule has 0 unspecified atom stereocenters. The van der Waals surface area contributed by atoms with Crippen molar-refractivity contribution in [2.45, 2.75) is 24.3 Å². The summed E-state index contributed by atoms with van der Waals surface area (Å²) in [5, 5.41) is 0.0827. The van der Waals surface area contributed by atoms with Gasteiger partial charge in [0.1, 0.15) is 5.75 Å². The minimum absolute atomic E-state index is 0.0768. The van der Waals surface area contributed by atoms with Gasteiger partial charge >= 0.3 is 0 Å². The van der Waals surface area contributed by atoms with Crippen molar-refractivity contribution >= 4 is 21.4 Å². The number of rotatable bonds is 5. The Morgan fingerprint density at radius 2 is 2.00 bits per heavy atom. The Kier molecular flexibility index (Phi) is 5.29. The minimum Gasteiger partial charge on any atom is -0.453 e. The predicted molar refractivity (Wildman–Crippen MR) is 88.3 cm³/mol. The first-order chi connectivity index (χ1) is 10.7. The molecule has 2 aromatic carbocycles. The first-order valence-electron chi connectivity index (χ1n) is 6.95. The van der Waals surface area contributed by atoms with Gasteiger partial charge in [0.05, 0.1) is 9.92 Å². The molecule has 4 nitrogen and oxygen atoms in total. The highest BCUT2D eigenvalue weighted by atomic mass is 35.5. The summed E-state index contributed by atoms with van der Waals surface area (Å²) >= 11 is 6.00. The zero-order valence-corrected chi connectivity index (χ0v) is 14.3. The molecular formula is C16H17ClFNO3S. The second-order valence-corrected chi connectivity index (χ2v) is 7.57. The lowest BCUT2D eigenvalue weighted by Crippen LogP contribution is -2.11. The van der Waals surface area contributed by atoms with Gasteiger partial charge in [0.15, 0.2) is 21.4 Å². The average Bonchev–Trinajstić information content (AvgIpc) is 2.50. The van der Waals surface area contributed by atoms with Gasteiger partial charge in [-0.1, -0.05) is 30.7 Å². The van der Waals surface area contributed by atoms with E-state index in [-0.39, 0.29) is 21.4 Å². The Balaban J connectivity index is 2.45. The second-order valence-electron chi connectivity index (χ2n) is 5.14. The number of nitrogens with two attached hydrogens (primary N) is 1. The smallest absolute Gasteiger partial charge is 0.181 e. The second kappa shape index (κ2) is 6.86. The van der Waals surface area contributed by atoms with Crippen molar-refractivity contribution in [3.05, 3.63) is 52.8 Å². The fourth-order valence-corrected chi connectivity index (χ4v) is 2.87. The van der Waals surface area contributed by atoms with Crippen molar-refractivity contribution in [3.63, 3.8) is 0 Å². The van der Waals surface area contributed by atoms with Gasteiger partial charge in [-0.25, -0.2) is 12.8 Å². The molecule has 7 heteroatoms. The van der Waals surface area contributed by atoms with Crippen molar-refractivity contribution < 1.29 is 17.5 Å². The van der Waals surface area contributed by atoms with Gasteiger partial charge in [0.2, 0.25) is 0 Å². The number of hydrogen-bond acceptors (Lipinski definition) is 4. The van der Waals surface area contributed by atoms with Crippen LogP contribution >= 0.6 is 11.6 Å². The predicted octanol–water partition coefficient (Wildman–Crippen LogP) is 4.08. The van der Waals surface area contributed by atoms with E-state index >= 15 is 0 Å². The van der Waals surface area contributed by atoms with Crippen LogP contribution in [-0.4, -0.2) is 14.7 Å².